The molecule has 0 fully saturated rings. The number of rotatable bonds is 4. The minimum Gasteiger partial charge on any atom is -0.383 e. The summed E-state index contributed by atoms with van der Waals surface area (Å²) in [7, 11) is 1.90. The lowest BCUT2D eigenvalue weighted by Crippen LogP contribution is -2.02. The number of aromatic nitrogens is 5. The minimum absolute atomic E-state index is 0.548. The summed E-state index contributed by atoms with van der Waals surface area (Å²) in [5.74, 6) is 0.548. The van der Waals surface area contributed by atoms with Crippen LogP contribution in [0.5, 0.6) is 0 Å². The first kappa shape index (κ1) is 11.8. The van der Waals surface area contributed by atoms with Gasteiger partial charge in [-0.25, -0.2) is 9.97 Å². The van der Waals surface area contributed by atoms with Gasteiger partial charge in [0.2, 0.25) is 0 Å². The molecule has 0 amide bonds. The van der Waals surface area contributed by atoms with Gasteiger partial charge >= 0.3 is 0 Å². The molecule has 0 aliphatic rings. The molecule has 17 heavy (non-hydrogen) atoms. The third kappa shape index (κ3) is 2.55. The van der Waals surface area contributed by atoms with E-state index in [9.17, 15) is 0 Å². The van der Waals surface area contributed by atoms with Gasteiger partial charge in [-0.15, -0.1) is 10.2 Å². The lowest BCUT2D eigenvalue weighted by Gasteiger charge is -2.08. The summed E-state index contributed by atoms with van der Waals surface area (Å²) in [6.45, 7) is 2.10. The lowest BCUT2D eigenvalue weighted by atomic mass is 10.2. The van der Waals surface area contributed by atoms with Gasteiger partial charge in [-0.1, -0.05) is 13.3 Å². The van der Waals surface area contributed by atoms with Crippen LogP contribution in [0.4, 0.5) is 5.82 Å². The number of nitrogen functional groups attached to an aromatic ring is 1. The van der Waals surface area contributed by atoms with Crippen LogP contribution in [-0.4, -0.2) is 24.7 Å². The molecule has 7 heteroatoms. The first-order chi connectivity index (χ1) is 8.22. The molecule has 0 bridgehead atoms. The first-order valence-corrected chi connectivity index (χ1v) is 6.15. The van der Waals surface area contributed by atoms with Crippen LogP contribution < -0.4 is 5.73 Å². The Bertz CT molecular complexity index is 509. The molecule has 2 N–H and O–H groups in total. The third-order valence-corrected chi connectivity index (χ3v) is 3.39. The Balaban J connectivity index is 2.32. The van der Waals surface area contributed by atoms with Gasteiger partial charge in [0.1, 0.15) is 23.5 Å². The zero-order valence-electron chi connectivity index (χ0n) is 9.79. The summed E-state index contributed by atoms with van der Waals surface area (Å²) in [5, 5.41) is 9.50. The van der Waals surface area contributed by atoms with Crippen molar-refractivity contribution >= 4 is 17.6 Å². The van der Waals surface area contributed by atoms with Crippen LogP contribution >= 0.6 is 11.8 Å². The molecule has 2 aromatic heterocycles. The van der Waals surface area contributed by atoms with Gasteiger partial charge in [0.05, 0.1) is 0 Å². The van der Waals surface area contributed by atoms with E-state index in [2.05, 4.69) is 27.1 Å². The Morgan fingerprint density at radius 3 is 2.88 bits per heavy atom. The van der Waals surface area contributed by atoms with Crippen LogP contribution in [0.15, 0.2) is 22.8 Å². The van der Waals surface area contributed by atoms with Crippen LogP contribution in [0.1, 0.15) is 18.9 Å². The zero-order chi connectivity index (χ0) is 12.3. The van der Waals surface area contributed by atoms with Crippen molar-refractivity contribution in [3.8, 4) is 0 Å². The predicted molar refractivity (Wildman–Crippen MR) is 65.6 cm³/mol. The van der Waals surface area contributed by atoms with E-state index >= 15 is 0 Å². The molecular weight excluding hydrogens is 236 g/mol. The average molecular weight is 250 g/mol. The molecule has 0 unspecified atom stereocenters. The van der Waals surface area contributed by atoms with E-state index in [0.717, 1.165) is 28.6 Å². The van der Waals surface area contributed by atoms with E-state index in [1.165, 1.54) is 18.1 Å². The number of hydrogen-bond donors (Lipinski definition) is 1. The molecule has 0 saturated carbocycles. The highest BCUT2D eigenvalue weighted by Crippen LogP contribution is 2.29. The quantitative estimate of drug-likeness (QED) is 0.823. The average Bonchev–Trinajstić information content (AvgIpc) is 2.70. The third-order valence-electron chi connectivity index (χ3n) is 2.30. The Labute approximate surface area is 104 Å². The highest BCUT2D eigenvalue weighted by Gasteiger charge is 2.12. The second-order valence-corrected chi connectivity index (χ2v) is 4.58. The van der Waals surface area contributed by atoms with Crippen LogP contribution in [0.3, 0.4) is 0 Å². The SMILES string of the molecule is CCCc1c(N)ncnc1Sc1nncn1C. The highest BCUT2D eigenvalue weighted by atomic mass is 32.2. The molecule has 0 aliphatic heterocycles. The van der Waals surface area contributed by atoms with Crippen LogP contribution in [-0.2, 0) is 13.5 Å². The number of aryl methyl sites for hydroxylation is 1. The summed E-state index contributed by atoms with van der Waals surface area (Å²) in [4.78, 5) is 8.29. The summed E-state index contributed by atoms with van der Waals surface area (Å²) in [6, 6.07) is 0. The van der Waals surface area contributed by atoms with Gasteiger partial charge in [-0.2, -0.15) is 0 Å². The molecule has 2 heterocycles. The topological polar surface area (TPSA) is 82.5 Å². The van der Waals surface area contributed by atoms with Gasteiger partial charge in [-0.3, -0.25) is 0 Å². The standard InChI is InChI=1S/C10H14N6S/c1-3-4-7-8(11)12-5-13-9(7)17-10-15-14-6-16(10)2/h5-6H,3-4H2,1-2H3,(H2,11,12,13). The van der Waals surface area contributed by atoms with Crippen molar-refractivity contribution in [2.75, 3.05) is 5.73 Å². The van der Waals surface area contributed by atoms with E-state index in [1.807, 2.05) is 11.6 Å². The van der Waals surface area contributed by atoms with Crippen molar-refractivity contribution in [1.82, 2.24) is 24.7 Å². The van der Waals surface area contributed by atoms with E-state index < -0.39 is 0 Å². The summed E-state index contributed by atoms with van der Waals surface area (Å²) < 4.78 is 1.85. The minimum atomic E-state index is 0.548. The zero-order valence-corrected chi connectivity index (χ0v) is 10.6. The number of hydrogen-bond acceptors (Lipinski definition) is 6. The largest absolute Gasteiger partial charge is 0.383 e. The summed E-state index contributed by atoms with van der Waals surface area (Å²) in [6.07, 6.45) is 5.01. The van der Waals surface area contributed by atoms with Crippen molar-refractivity contribution in [3.63, 3.8) is 0 Å². The van der Waals surface area contributed by atoms with Gasteiger partial charge in [0.15, 0.2) is 5.16 Å². The highest BCUT2D eigenvalue weighted by molar-refractivity contribution is 7.99. The molecule has 6 nitrogen and oxygen atoms in total. The fourth-order valence-electron chi connectivity index (χ4n) is 1.43. The number of nitrogens with zero attached hydrogens (tertiary/aromatic N) is 5. The van der Waals surface area contributed by atoms with Gasteiger partial charge in [0.25, 0.3) is 0 Å². The molecule has 0 radical (unpaired) electrons. The fourth-order valence-corrected chi connectivity index (χ4v) is 2.32. The molecule has 0 atom stereocenters. The second kappa shape index (κ2) is 5.13. The Hall–Kier alpha value is -1.63. The van der Waals surface area contributed by atoms with Crippen LogP contribution in [0.2, 0.25) is 0 Å². The molecular formula is C10H14N6S. The van der Waals surface area contributed by atoms with Crippen molar-refractivity contribution in [2.24, 2.45) is 7.05 Å². The van der Waals surface area contributed by atoms with Crippen molar-refractivity contribution in [2.45, 2.75) is 29.9 Å². The van der Waals surface area contributed by atoms with E-state index in [-0.39, 0.29) is 0 Å². The van der Waals surface area contributed by atoms with Crippen molar-refractivity contribution in [1.29, 1.82) is 0 Å². The number of nitrogens with two attached hydrogens (primary N) is 1. The molecule has 0 spiro atoms. The smallest absolute Gasteiger partial charge is 0.197 e. The van der Waals surface area contributed by atoms with E-state index in [1.54, 1.807) is 6.33 Å². The molecule has 2 aromatic rings. The van der Waals surface area contributed by atoms with Crippen molar-refractivity contribution in [3.05, 3.63) is 18.2 Å². The summed E-state index contributed by atoms with van der Waals surface area (Å²) in [5.41, 5.74) is 6.86. The lowest BCUT2D eigenvalue weighted by molar-refractivity contribution is 0.783. The van der Waals surface area contributed by atoms with Gasteiger partial charge in [-0.05, 0) is 18.2 Å². The fraction of sp³-hybridized carbons (Fsp3) is 0.400. The number of anilines is 1. The second-order valence-electron chi connectivity index (χ2n) is 3.62. The molecule has 0 aromatic carbocycles. The van der Waals surface area contributed by atoms with Crippen LogP contribution in [0.25, 0.3) is 0 Å². The first-order valence-electron chi connectivity index (χ1n) is 5.33. The predicted octanol–water partition coefficient (Wildman–Crippen LogP) is 1.29. The monoisotopic (exact) mass is 250 g/mol. The summed E-state index contributed by atoms with van der Waals surface area (Å²) >= 11 is 1.46. The molecule has 0 saturated heterocycles. The molecule has 0 aliphatic carbocycles. The van der Waals surface area contributed by atoms with Crippen molar-refractivity contribution < 1.29 is 0 Å². The van der Waals surface area contributed by atoms with E-state index in [4.69, 9.17) is 5.73 Å². The Kier molecular flexibility index (Phi) is 3.58. The van der Waals surface area contributed by atoms with Gasteiger partial charge < -0.3 is 10.3 Å². The maximum absolute atomic E-state index is 5.87. The maximum atomic E-state index is 5.87. The van der Waals surface area contributed by atoms with E-state index in [0.29, 0.717) is 5.82 Å². The van der Waals surface area contributed by atoms with Gasteiger partial charge in [0, 0.05) is 12.6 Å². The molecule has 2 rings (SSSR count). The normalized spacial score (nSPS) is 10.7. The molecule has 90 valence electrons. The Morgan fingerprint density at radius 1 is 1.41 bits per heavy atom. The maximum Gasteiger partial charge on any atom is 0.197 e. The van der Waals surface area contributed by atoms with Crippen LogP contribution in [0, 0.1) is 0 Å². The Morgan fingerprint density at radius 2 is 2.24 bits per heavy atom.